The molecule has 0 aliphatic rings. The molecule has 0 saturated carbocycles. The van der Waals surface area contributed by atoms with Gasteiger partial charge >= 0.3 is 0 Å². The molecule has 19 heavy (non-hydrogen) atoms. The highest BCUT2D eigenvalue weighted by molar-refractivity contribution is 5.87. The average Bonchev–Trinajstić information content (AvgIpc) is 2.91. The first kappa shape index (κ1) is 11.9. The molecule has 0 saturated heterocycles. The number of nitrogens with zero attached hydrogens (tertiary/aromatic N) is 2. The largest absolute Gasteiger partial charge is 0.359 e. The van der Waals surface area contributed by atoms with Gasteiger partial charge in [0.25, 0.3) is 6.43 Å². The van der Waals surface area contributed by atoms with Crippen molar-refractivity contribution in [3.05, 3.63) is 41.9 Å². The number of hydrogen-bond acceptors (Lipinski definition) is 1. The van der Waals surface area contributed by atoms with Gasteiger partial charge in [0.15, 0.2) is 0 Å². The van der Waals surface area contributed by atoms with E-state index in [1.54, 1.807) is 30.2 Å². The molecule has 0 radical (unpaired) electrons. The molecule has 0 bridgehead atoms. The Morgan fingerprint density at radius 3 is 2.68 bits per heavy atom. The second-order valence-electron chi connectivity index (χ2n) is 4.68. The van der Waals surface area contributed by atoms with E-state index in [0.29, 0.717) is 11.1 Å². The second kappa shape index (κ2) is 4.19. The molecule has 1 N–H and O–H groups in total. The van der Waals surface area contributed by atoms with Gasteiger partial charge in [-0.1, -0.05) is 0 Å². The summed E-state index contributed by atoms with van der Waals surface area (Å²) in [7, 11) is 1.77. The van der Waals surface area contributed by atoms with Gasteiger partial charge in [-0.05, 0) is 30.7 Å². The second-order valence-corrected chi connectivity index (χ2v) is 4.68. The van der Waals surface area contributed by atoms with E-state index in [0.717, 1.165) is 16.6 Å². The summed E-state index contributed by atoms with van der Waals surface area (Å²) in [4.78, 5) is 3.08. The average molecular weight is 261 g/mol. The van der Waals surface area contributed by atoms with Crippen molar-refractivity contribution in [1.29, 1.82) is 0 Å². The van der Waals surface area contributed by atoms with Crippen molar-refractivity contribution >= 4 is 10.9 Å². The summed E-state index contributed by atoms with van der Waals surface area (Å²) < 4.78 is 28.0. The number of nitrogens with one attached hydrogen (secondary N) is 1. The quantitative estimate of drug-likeness (QED) is 0.747. The zero-order valence-corrected chi connectivity index (χ0v) is 10.6. The minimum Gasteiger partial charge on any atom is -0.359 e. The summed E-state index contributed by atoms with van der Waals surface area (Å²) in [5.74, 6) is 0. The molecule has 3 rings (SSSR count). The molecular weight excluding hydrogens is 248 g/mol. The molecule has 0 amide bonds. The molecule has 5 heteroatoms. The lowest BCUT2D eigenvalue weighted by Crippen LogP contribution is -1.90. The van der Waals surface area contributed by atoms with Gasteiger partial charge in [0, 0.05) is 41.0 Å². The van der Waals surface area contributed by atoms with Crippen molar-refractivity contribution in [3.8, 4) is 11.1 Å². The fourth-order valence-electron chi connectivity index (χ4n) is 2.33. The number of aromatic nitrogens is 3. The number of fused-ring (bicyclic) bond motifs is 1. The molecule has 98 valence electrons. The first-order chi connectivity index (χ1) is 9.04. The minimum absolute atomic E-state index is 0.0300. The van der Waals surface area contributed by atoms with Crippen LogP contribution in [0.1, 0.15) is 17.7 Å². The van der Waals surface area contributed by atoms with Crippen LogP contribution in [-0.2, 0) is 7.05 Å². The summed E-state index contributed by atoms with van der Waals surface area (Å²) >= 11 is 0. The molecule has 0 fully saturated rings. The Balaban J connectivity index is 2.28. The first-order valence-corrected chi connectivity index (χ1v) is 5.95. The van der Waals surface area contributed by atoms with E-state index in [4.69, 9.17) is 0 Å². The fourth-order valence-corrected chi connectivity index (χ4v) is 2.33. The Bertz CT molecular complexity index is 740. The lowest BCUT2D eigenvalue weighted by Gasteiger charge is -2.07. The zero-order valence-electron chi connectivity index (χ0n) is 10.6. The molecule has 2 heterocycles. The van der Waals surface area contributed by atoms with Crippen LogP contribution in [0.25, 0.3) is 22.0 Å². The molecule has 3 nitrogen and oxygen atoms in total. The molecule has 0 aliphatic carbocycles. The van der Waals surface area contributed by atoms with Gasteiger partial charge < -0.3 is 4.98 Å². The maximum atomic E-state index is 13.2. The van der Waals surface area contributed by atoms with Crippen molar-refractivity contribution in [2.75, 3.05) is 0 Å². The van der Waals surface area contributed by atoms with E-state index in [1.807, 2.05) is 13.0 Å². The smallest absolute Gasteiger partial charge is 0.264 e. The molecule has 0 atom stereocenters. The van der Waals surface area contributed by atoms with Gasteiger partial charge in [-0.15, -0.1) is 0 Å². The number of benzene rings is 1. The molecule has 1 aromatic carbocycles. The number of H-pyrrole nitrogens is 1. The van der Waals surface area contributed by atoms with Gasteiger partial charge in [-0.2, -0.15) is 5.10 Å². The van der Waals surface area contributed by atoms with Crippen LogP contribution >= 0.6 is 0 Å². The molecule has 3 aromatic rings. The third-order valence-electron chi connectivity index (χ3n) is 3.18. The number of rotatable bonds is 2. The van der Waals surface area contributed by atoms with Gasteiger partial charge in [0.1, 0.15) is 0 Å². The van der Waals surface area contributed by atoms with Crippen LogP contribution in [0.4, 0.5) is 8.78 Å². The Kier molecular flexibility index (Phi) is 2.62. The third-order valence-corrected chi connectivity index (χ3v) is 3.18. The number of halogens is 2. The van der Waals surface area contributed by atoms with Crippen molar-refractivity contribution in [2.24, 2.45) is 7.05 Å². The highest BCUT2D eigenvalue weighted by Gasteiger charge is 2.17. The molecule has 0 spiro atoms. The van der Waals surface area contributed by atoms with Crippen LogP contribution in [0.2, 0.25) is 0 Å². The van der Waals surface area contributed by atoms with Crippen LogP contribution in [0.15, 0.2) is 30.6 Å². The maximum absolute atomic E-state index is 13.2. The SMILES string of the molecule is Cc1cc2cc(-c3cnn(C)c3)c(C(F)F)cc2[nH]1. The number of aryl methyl sites for hydroxylation is 2. The standard InChI is InChI=1S/C14H13F2N3/c1-8-3-9-4-11(10-6-17-19(2)7-10)12(14(15)16)5-13(9)18-8/h3-7,14,18H,1-2H3. The summed E-state index contributed by atoms with van der Waals surface area (Å²) in [6, 6.07) is 5.26. The highest BCUT2D eigenvalue weighted by atomic mass is 19.3. The van der Waals surface area contributed by atoms with E-state index in [2.05, 4.69) is 10.1 Å². The normalized spacial score (nSPS) is 11.6. The summed E-state index contributed by atoms with van der Waals surface area (Å²) in [5, 5.41) is 4.97. The Morgan fingerprint density at radius 1 is 1.26 bits per heavy atom. The molecule has 0 aliphatic heterocycles. The summed E-state index contributed by atoms with van der Waals surface area (Å²) in [6.07, 6.45) is 0.835. The lowest BCUT2D eigenvalue weighted by molar-refractivity contribution is 0.152. The predicted octanol–water partition coefficient (Wildman–Crippen LogP) is 3.81. The van der Waals surface area contributed by atoms with Gasteiger partial charge in [-0.3, -0.25) is 4.68 Å². The van der Waals surface area contributed by atoms with E-state index >= 15 is 0 Å². The molecular formula is C14H13F2N3. The molecule has 0 unspecified atom stereocenters. The minimum atomic E-state index is -2.51. The van der Waals surface area contributed by atoms with Crippen LogP contribution < -0.4 is 0 Å². The van der Waals surface area contributed by atoms with E-state index in [1.165, 1.54) is 6.07 Å². The molecule has 2 aromatic heterocycles. The monoisotopic (exact) mass is 261 g/mol. The van der Waals surface area contributed by atoms with Crippen molar-refractivity contribution in [2.45, 2.75) is 13.3 Å². The predicted molar refractivity (Wildman–Crippen MR) is 70.2 cm³/mol. The van der Waals surface area contributed by atoms with Crippen LogP contribution in [-0.4, -0.2) is 14.8 Å². The number of aromatic amines is 1. The number of hydrogen-bond donors (Lipinski definition) is 1. The van der Waals surface area contributed by atoms with Crippen LogP contribution in [0.3, 0.4) is 0 Å². The van der Waals surface area contributed by atoms with Crippen LogP contribution in [0.5, 0.6) is 0 Å². The van der Waals surface area contributed by atoms with Gasteiger partial charge in [-0.25, -0.2) is 8.78 Å². The Labute approximate surface area is 108 Å². The summed E-state index contributed by atoms with van der Waals surface area (Å²) in [5.41, 5.74) is 2.97. The fraction of sp³-hybridized carbons (Fsp3) is 0.214. The Hall–Kier alpha value is -2.17. The third kappa shape index (κ3) is 2.01. The van der Waals surface area contributed by atoms with Gasteiger partial charge in [0.05, 0.1) is 6.20 Å². The Morgan fingerprint density at radius 2 is 2.05 bits per heavy atom. The number of alkyl halides is 2. The topological polar surface area (TPSA) is 33.6 Å². The summed E-state index contributed by atoms with van der Waals surface area (Å²) in [6.45, 7) is 1.91. The van der Waals surface area contributed by atoms with E-state index in [-0.39, 0.29) is 5.56 Å². The zero-order chi connectivity index (χ0) is 13.6. The lowest BCUT2D eigenvalue weighted by atomic mass is 10.0. The van der Waals surface area contributed by atoms with Crippen molar-refractivity contribution in [3.63, 3.8) is 0 Å². The highest BCUT2D eigenvalue weighted by Crippen LogP contribution is 2.34. The van der Waals surface area contributed by atoms with E-state index < -0.39 is 6.43 Å². The maximum Gasteiger partial charge on any atom is 0.264 e. The van der Waals surface area contributed by atoms with E-state index in [9.17, 15) is 8.78 Å². The van der Waals surface area contributed by atoms with Crippen molar-refractivity contribution < 1.29 is 8.78 Å². The van der Waals surface area contributed by atoms with Crippen molar-refractivity contribution in [1.82, 2.24) is 14.8 Å². The van der Waals surface area contributed by atoms with Crippen LogP contribution in [0, 0.1) is 6.92 Å². The van der Waals surface area contributed by atoms with Gasteiger partial charge in [0.2, 0.25) is 0 Å². The first-order valence-electron chi connectivity index (χ1n) is 5.95.